The van der Waals surface area contributed by atoms with Gasteiger partial charge in [0.05, 0.1) is 0 Å². The Morgan fingerprint density at radius 1 is 1.47 bits per heavy atom. The van der Waals surface area contributed by atoms with Crippen molar-refractivity contribution in [3.8, 4) is 0 Å². The lowest BCUT2D eigenvalue weighted by atomic mass is 10.1. The van der Waals surface area contributed by atoms with Crippen LogP contribution in [0.2, 0.25) is 0 Å². The zero-order valence-electron chi connectivity index (χ0n) is 11.8. The van der Waals surface area contributed by atoms with Gasteiger partial charge in [-0.15, -0.1) is 0 Å². The highest BCUT2D eigenvalue weighted by Gasteiger charge is 2.17. The van der Waals surface area contributed by atoms with E-state index in [0.717, 1.165) is 15.6 Å². The van der Waals surface area contributed by atoms with Gasteiger partial charge in [-0.25, -0.2) is 4.79 Å². The molecule has 1 rings (SSSR count). The number of nitrogens with two attached hydrogens (primary N) is 1. The molecule has 0 bridgehead atoms. The van der Waals surface area contributed by atoms with Crippen molar-refractivity contribution >= 4 is 22.0 Å². The van der Waals surface area contributed by atoms with Crippen molar-refractivity contribution in [1.82, 2.24) is 5.32 Å². The molecule has 0 aliphatic heterocycles. The molecule has 106 valence electrons. The fraction of sp³-hybridized carbons (Fsp3) is 0.500. The summed E-state index contributed by atoms with van der Waals surface area (Å²) in [5, 5.41) is 2.67. The summed E-state index contributed by atoms with van der Waals surface area (Å²) in [6.45, 7) is 7.82. The van der Waals surface area contributed by atoms with Gasteiger partial charge in [-0.3, -0.25) is 0 Å². The van der Waals surface area contributed by atoms with E-state index in [1.54, 1.807) is 0 Å². The molecule has 3 N–H and O–H groups in total. The van der Waals surface area contributed by atoms with Gasteiger partial charge in [-0.1, -0.05) is 28.1 Å². The maximum atomic E-state index is 11.5. The molecule has 0 saturated carbocycles. The quantitative estimate of drug-likeness (QED) is 0.894. The van der Waals surface area contributed by atoms with E-state index >= 15 is 0 Å². The molecule has 0 aliphatic rings. The number of alkyl carbamates (subject to hydrolysis) is 1. The minimum atomic E-state index is -0.499. The Morgan fingerprint density at radius 3 is 2.63 bits per heavy atom. The third kappa shape index (κ3) is 5.61. The lowest BCUT2D eigenvalue weighted by molar-refractivity contribution is 0.0524. The van der Waals surface area contributed by atoms with Crippen molar-refractivity contribution in [2.45, 2.75) is 39.3 Å². The Hall–Kier alpha value is -1.07. The molecule has 4 nitrogen and oxygen atoms in total. The summed E-state index contributed by atoms with van der Waals surface area (Å²) in [5.74, 6) is 0. The van der Waals surface area contributed by atoms with Crippen LogP contribution in [0.15, 0.2) is 22.7 Å². The van der Waals surface area contributed by atoms with Crippen molar-refractivity contribution < 1.29 is 9.53 Å². The van der Waals surface area contributed by atoms with Gasteiger partial charge in [0.2, 0.25) is 0 Å². The van der Waals surface area contributed by atoms with Gasteiger partial charge in [0.15, 0.2) is 0 Å². The SMILES string of the molecule is Cc1ccc(C(N)CNC(=O)OC(C)(C)C)cc1Br. The number of hydrogen-bond donors (Lipinski definition) is 2. The van der Waals surface area contributed by atoms with Crippen molar-refractivity contribution in [1.29, 1.82) is 0 Å². The molecule has 19 heavy (non-hydrogen) atoms. The summed E-state index contributed by atoms with van der Waals surface area (Å²) < 4.78 is 6.16. The molecule has 0 radical (unpaired) electrons. The minimum Gasteiger partial charge on any atom is -0.444 e. The number of aryl methyl sites for hydroxylation is 1. The number of hydrogen-bond acceptors (Lipinski definition) is 3. The first-order valence-corrected chi connectivity index (χ1v) is 6.97. The first kappa shape index (κ1) is 16.0. The van der Waals surface area contributed by atoms with E-state index in [1.807, 2.05) is 45.9 Å². The predicted octanol–water partition coefficient (Wildman–Crippen LogP) is 3.28. The van der Waals surface area contributed by atoms with Crippen LogP contribution < -0.4 is 11.1 Å². The third-order valence-corrected chi connectivity index (χ3v) is 3.34. The van der Waals surface area contributed by atoms with Crippen molar-refractivity contribution in [3.05, 3.63) is 33.8 Å². The molecule has 0 aromatic heterocycles. The normalized spacial score (nSPS) is 12.9. The number of nitrogens with one attached hydrogen (secondary N) is 1. The van der Waals surface area contributed by atoms with Crippen LogP contribution in [0.5, 0.6) is 0 Å². The number of carbonyl (C=O) groups is 1. The van der Waals surface area contributed by atoms with Crippen LogP contribution in [0.25, 0.3) is 0 Å². The second kappa shape index (κ2) is 6.39. The lowest BCUT2D eigenvalue weighted by Crippen LogP contribution is -2.36. The van der Waals surface area contributed by atoms with Crippen LogP contribution in [-0.2, 0) is 4.74 Å². The summed E-state index contributed by atoms with van der Waals surface area (Å²) in [7, 11) is 0. The second-order valence-corrected chi connectivity index (χ2v) is 6.35. The van der Waals surface area contributed by atoms with Crippen molar-refractivity contribution in [2.24, 2.45) is 5.73 Å². The number of halogens is 1. The molecule has 0 fully saturated rings. The average molecular weight is 329 g/mol. The number of amides is 1. The smallest absolute Gasteiger partial charge is 0.407 e. The molecule has 1 amide bonds. The van der Waals surface area contributed by atoms with E-state index in [-0.39, 0.29) is 6.04 Å². The van der Waals surface area contributed by atoms with Crippen LogP contribution in [-0.4, -0.2) is 18.2 Å². The summed E-state index contributed by atoms with van der Waals surface area (Å²) in [4.78, 5) is 11.5. The first-order chi connectivity index (χ1) is 8.69. The fourth-order valence-electron chi connectivity index (χ4n) is 1.47. The van der Waals surface area contributed by atoms with Crippen LogP contribution in [0.1, 0.15) is 37.9 Å². The van der Waals surface area contributed by atoms with E-state index in [4.69, 9.17) is 10.5 Å². The molecule has 0 spiro atoms. The third-order valence-electron chi connectivity index (χ3n) is 2.49. The minimum absolute atomic E-state index is 0.260. The zero-order chi connectivity index (χ0) is 14.6. The summed E-state index contributed by atoms with van der Waals surface area (Å²) in [6, 6.07) is 5.66. The fourth-order valence-corrected chi connectivity index (χ4v) is 1.86. The van der Waals surface area contributed by atoms with Gasteiger partial charge in [0.25, 0.3) is 0 Å². The molecule has 0 saturated heterocycles. The summed E-state index contributed by atoms with van der Waals surface area (Å²) in [5.41, 5.74) is 7.65. The Kier molecular flexibility index (Phi) is 5.38. The lowest BCUT2D eigenvalue weighted by Gasteiger charge is -2.21. The maximum absolute atomic E-state index is 11.5. The monoisotopic (exact) mass is 328 g/mol. The highest BCUT2D eigenvalue weighted by atomic mass is 79.9. The van der Waals surface area contributed by atoms with Crippen molar-refractivity contribution in [3.63, 3.8) is 0 Å². The molecule has 5 heteroatoms. The van der Waals surface area contributed by atoms with Crippen LogP contribution in [0.3, 0.4) is 0 Å². The zero-order valence-corrected chi connectivity index (χ0v) is 13.4. The maximum Gasteiger partial charge on any atom is 0.407 e. The predicted molar refractivity (Wildman–Crippen MR) is 80.0 cm³/mol. The Morgan fingerprint density at radius 2 is 2.11 bits per heavy atom. The van der Waals surface area contributed by atoms with E-state index in [9.17, 15) is 4.79 Å². The second-order valence-electron chi connectivity index (χ2n) is 5.50. The van der Waals surface area contributed by atoms with Gasteiger partial charge < -0.3 is 15.8 Å². The molecular formula is C14H21BrN2O2. The van der Waals surface area contributed by atoms with Gasteiger partial charge in [-0.05, 0) is 44.9 Å². The molecule has 1 unspecified atom stereocenters. The molecule has 0 heterocycles. The Balaban J connectivity index is 2.53. The molecular weight excluding hydrogens is 308 g/mol. The van der Waals surface area contributed by atoms with E-state index in [2.05, 4.69) is 21.2 Å². The van der Waals surface area contributed by atoms with E-state index in [0.29, 0.717) is 6.54 Å². The summed E-state index contributed by atoms with van der Waals surface area (Å²) >= 11 is 3.47. The first-order valence-electron chi connectivity index (χ1n) is 6.17. The standard InChI is InChI=1S/C14H21BrN2O2/c1-9-5-6-10(7-11(9)15)12(16)8-17-13(18)19-14(2,3)4/h5-7,12H,8,16H2,1-4H3,(H,17,18). The highest BCUT2D eigenvalue weighted by molar-refractivity contribution is 9.10. The topological polar surface area (TPSA) is 64.3 Å². The number of carbonyl (C=O) groups excluding carboxylic acids is 1. The Bertz CT molecular complexity index is 455. The average Bonchev–Trinajstić information content (AvgIpc) is 2.27. The highest BCUT2D eigenvalue weighted by Crippen LogP contribution is 2.20. The number of rotatable bonds is 3. The van der Waals surface area contributed by atoms with Crippen LogP contribution >= 0.6 is 15.9 Å². The van der Waals surface area contributed by atoms with Crippen LogP contribution in [0.4, 0.5) is 4.79 Å². The van der Waals surface area contributed by atoms with Crippen LogP contribution in [0, 0.1) is 6.92 Å². The molecule has 1 aromatic carbocycles. The van der Waals surface area contributed by atoms with Gasteiger partial charge >= 0.3 is 6.09 Å². The molecule has 1 atom stereocenters. The van der Waals surface area contributed by atoms with E-state index < -0.39 is 11.7 Å². The molecule has 1 aromatic rings. The van der Waals surface area contributed by atoms with Gasteiger partial charge in [0.1, 0.15) is 5.60 Å². The van der Waals surface area contributed by atoms with E-state index in [1.165, 1.54) is 0 Å². The van der Waals surface area contributed by atoms with Crippen molar-refractivity contribution in [2.75, 3.05) is 6.54 Å². The van der Waals surface area contributed by atoms with Gasteiger partial charge in [0, 0.05) is 17.1 Å². The van der Waals surface area contributed by atoms with Gasteiger partial charge in [-0.2, -0.15) is 0 Å². The number of ether oxygens (including phenoxy) is 1. The Labute approximate surface area is 122 Å². The number of benzene rings is 1. The summed E-state index contributed by atoms with van der Waals surface area (Å²) in [6.07, 6.45) is -0.450. The molecule has 0 aliphatic carbocycles. The largest absolute Gasteiger partial charge is 0.444 e.